The van der Waals surface area contributed by atoms with Crippen molar-refractivity contribution in [2.45, 2.75) is 0 Å². The molecule has 0 radical (unpaired) electrons. The fraction of sp³-hybridized carbons (Fsp3) is 0. The number of nitrogens with one attached hydrogen (secondary N) is 1. The summed E-state index contributed by atoms with van der Waals surface area (Å²) in [5, 5.41) is 12.0. The number of aromatic nitrogens is 2. The van der Waals surface area contributed by atoms with Gasteiger partial charge in [0.05, 0.1) is 21.4 Å². The highest BCUT2D eigenvalue weighted by Crippen LogP contribution is 2.33. The molecular weight excluding hydrogens is 382 g/mol. The Hall–Kier alpha value is -3.71. The molecule has 0 saturated heterocycles. The van der Waals surface area contributed by atoms with Gasteiger partial charge in [-0.15, -0.1) is 0 Å². The number of hydrogen-bond acceptors (Lipinski definition) is 5. The van der Waals surface area contributed by atoms with Gasteiger partial charge in [-0.1, -0.05) is 23.7 Å². The van der Waals surface area contributed by atoms with Crippen LogP contribution in [0, 0.1) is 10.1 Å². The predicted molar refractivity (Wildman–Crippen MR) is 107 cm³/mol. The molecule has 0 unspecified atom stereocenters. The lowest BCUT2D eigenvalue weighted by Crippen LogP contribution is -2.09. The second-order valence-electron chi connectivity index (χ2n) is 5.92. The van der Waals surface area contributed by atoms with E-state index in [9.17, 15) is 14.9 Å². The quantitative estimate of drug-likeness (QED) is 0.392. The number of aromatic amines is 1. The Bertz CT molecular complexity index is 1290. The van der Waals surface area contributed by atoms with Gasteiger partial charge in [-0.25, -0.2) is 4.98 Å². The van der Waals surface area contributed by atoms with Gasteiger partial charge in [-0.2, -0.15) is 0 Å². The summed E-state index contributed by atoms with van der Waals surface area (Å²) in [6, 6.07) is 14.7. The first-order chi connectivity index (χ1) is 13.5. The Morgan fingerprint density at radius 1 is 1.11 bits per heavy atom. The van der Waals surface area contributed by atoms with Gasteiger partial charge in [0.15, 0.2) is 0 Å². The summed E-state index contributed by atoms with van der Waals surface area (Å²) in [4.78, 5) is 29.9. The summed E-state index contributed by atoms with van der Waals surface area (Å²) in [6.07, 6.45) is 3.23. The van der Waals surface area contributed by atoms with E-state index in [1.807, 2.05) is 0 Å². The zero-order chi connectivity index (χ0) is 19.7. The zero-order valence-corrected chi connectivity index (χ0v) is 15.0. The molecular formula is C20H12ClN3O4. The molecule has 4 aromatic rings. The molecule has 7 nitrogen and oxygen atoms in total. The number of nitro groups is 1. The van der Waals surface area contributed by atoms with Crippen LogP contribution in [0.4, 0.5) is 5.69 Å². The van der Waals surface area contributed by atoms with Crippen LogP contribution in [0.2, 0.25) is 5.02 Å². The maximum absolute atomic E-state index is 12.1. The van der Waals surface area contributed by atoms with Crippen molar-refractivity contribution in [2.75, 3.05) is 0 Å². The lowest BCUT2D eigenvalue weighted by atomic mass is 10.1. The van der Waals surface area contributed by atoms with E-state index in [1.165, 1.54) is 12.1 Å². The summed E-state index contributed by atoms with van der Waals surface area (Å²) in [5.74, 6) is 1.16. The zero-order valence-electron chi connectivity index (χ0n) is 14.3. The molecule has 8 heteroatoms. The van der Waals surface area contributed by atoms with Crippen LogP contribution in [0.3, 0.4) is 0 Å². The Morgan fingerprint density at radius 2 is 1.93 bits per heavy atom. The maximum atomic E-state index is 12.1. The van der Waals surface area contributed by atoms with E-state index in [0.29, 0.717) is 33.8 Å². The molecule has 0 aliphatic heterocycles. The van der Waals surface area contributed by atoms with E-state index in [0.717, 1.165) is 0 Å². The van der Waals surface area contributed by atoms with Gasteiger partial charge < -0.3 is 9.40 Å². The first kappa shape index (κ1) is 17.7. The Morgan fingerprint density at radius 3 is 2.75 bits per heavy atom. The molecule has 4 rings (SSSR count). The molecule has 0 spiro atoms. The lowest BCUT2D eigenvalue weighted by molar-refractivity contribution is -0.384. The lowest BCUT2D eigenvalue weighted by Gasteiger charge is -2.00. The molecule has 0 atom stereocenters. The Balaban J connectivity index is 1.66. The van der Waals surface area contributed by atoms with Crippen molar-refractivity contribution in [3.8, 4) is 11.3 Å². The molecule has 0 bridgehead atoms. The number of rotatable bonds is 4. The number of furan rings is 1. The van der Waals surface area contributed by atoms with E-state index in [4.69, 9.17) is 16.0 Å². The molecule has 1 N–H and O–H groups in total. The van der Waals surface area contributed by atoms with Crippen molar-refractivity contribution in [3.05, 3.63) is 91.7 Å². The normalized spacial score (nSPS) is 11.3. The minimum absolute atomic E-state index is 0.141. The van der Waals surface area contributed by atoms with E-state index in [1.54, 1.807) is 54.6 Å². The molecule has 0 aliphatic rings. The summed E-state index contributed by atoms with van der Waals surface area (Å²) >= 11 is 5.84. The monoisotopic (exact) mass is 393 g/mol. The minimum Gasteiger partial charge on any atom is -0.456 e. The molecule has 28 heavy (non-hydrogen) atoms. The smallest absolute Gasteiger partial charge is 0.281 e. The summed E-state index contributed by atoms with van der Waals surface area (Å²) < 4.78 is 5.69. The Labute approximate surface area is 163 Å². The second-order valence-corrected chi connectivity index (χ2v) is 6.36. The van der Waals surface area contributed by atoms with Crippen LogP contribution in [-0.4, -0.2) is 14.9 Å². The maximum Gasteiger partial charge on any atom is 0.281 e. The highest BCUT2D eigenvalue weighted by atomic mass is 35.5. The second kappa shape index (κ2) is 7.13. The van der Waals surface area contributed by atoms with E-state index in [2.05, 4.69) is 9.97 Å². The van der Waals surface area contributed by atoms with E-state index >= 15 is 0 Å². The molecule has 0 aliphatic carbocycles. The molecule has 2 aromatic carbocycles. The standard InChI is InChI=1S/C20H12ClN3O4/c21-12-5-8-15(17(11-12)24(26)27)18-9-6-13(28-18)7-10-19-22-16-4-2-1-3-14(16)20(25)23-19/h1-11H,(H,22,23,25)/b10-7+. The number of benzene rings is 2. The van der Waals surface area contributed by atoms with E-state index in [-0.39, 0.29) is 16.3 Å². The SMILES string of the molecule is O=c1[nH]c(/C=C/c2ccc(-c3ccc(Cl)cc3[N+](=O)[O-])o2)nc2ccccc12. The topological polar surface area (TPSA) is 102 Å². The number of fused-ring (bicyclic) bond motifs is 1. The fourth-order valence-corrected chi connectivity index (χ4v) is 2.96. The van der Waals surface area contributed by atoms with Gasteiger partial charge in [0.2, 0.25) is 0 Å². The largest absolute Gasteiger partial charge is 0.456 e. The Kier molecular flexibility index (Phi) is 4.50. The minimum atomic E-state index is -0.511. The van der Waals surface area contributed by atoms with Crippen molar-refractivity contribution in [3.63, 3.8) is 0 Å². The van der Waals surface area contributed by atoms with Crippen molar-refractivity contribution in [1.29, 1.82) is 0 Å². The molecule has 2 aromatic heterocycles. The van der Waals surface area contributed by atoms with Crippen LogP contribution in [0.15, 0.2) is 63.8 Å². The average molecular weight is 394 g/mol. The molecule has 0 saturated carbocycles. The molecule has 2 heterocycles. The molecule has 0 fully saturated rings. The van der Waals surface area contributed by atoms with Gasteiger partial charge in [0.1, 0.15) is 17.3 Å². The highest BCUT2D eigenvalue weighted by Gasteiger charge is 2.18. The third kappa shape index (κ3) is 3.43. The van der Waals surface area contributed by atoms with Gasteiger partial charge in [-0.05, 0) is 48.6 Å². The van der Waals surface area contributed by atoms with Gasteiger partial charge in [0, 0.05) is 11.1 Å². The van der Waals surface area contributed by atoms with Crippen LogP contribution in [0.25, 0.3) is 34.4 Å². The van der Waals surface area contributed by atoms with Crippen molar-refractivity contribution < 1.29 is 9.34 Å². The number of H-pyrrole nitrogens is 1. The fourth-order valence-electron chi connectivity index (χ4n) is 2.80. The van der Waals surface area contributed by atoms with Crippen molar-refractivity contribution in [1.82, 2.24) is 9.97 Å². The van der Waals surface area contributed by atoms with Gasteiger partial charge in [0.25, 0.3) is 11.2 Å². The highest BCUT2D eigenvalue weighted by molar-refractivity contribution is 6.30. The molecule has 0 amide bonds. The van der Waals surface area contributed by atoms with Gasteiger partial charge in [-0.3, -0.25) is 14.9 Å². The summed E-state index contributed by atoms with van der Waals surface area (Å²) in [7, 11) is 0. The third-order valence-electron chi connectivity index (χ3n) is 4.09. The van der Waals surface area contributed by atoms with Gasteiger partial charge >= 0.3 is 0 Å². The summed E-state index contributed by atoms with van der Waals surface area (Å²) in [6.45, 7) is 0. The third-order valence-corrected chi connectivity index (χ3v) is 4.32. The van der Waals surface area contributed by atoms with E-state index < -0.39 is 4.92 Å². The van der Waals surface area contributed by atoms with Crippen molar-refractivity contribution in [2.24, 2.45) is 0 Å². The number of halogens is 1. The van der Waals surface area contributed by atoms with Crippen LogP contribution in [0.1, 0.15) is 11.6 Å². The molecule has 138 valence electrons. The van der Waals surface area contributed by atoms with Crippen LogP contribution in [0.5, 0.6) is 0 Å². The number of nitro benzene ring substituents is 1. The first-order valence-electron chi connectivity index (χ1n) is 8.22. The van der Waals surface area contributed by atoms with Crippen molar-refractivity contribution >= 4 is 40.3 Å². The predicted octanol–water partition coefficient (Wildman–Crippen LogP) is 4.92. The summed E-state index contributed by atoms with van der Waals surface area (Å²) in [5.41, 5.74) is 0.536. The average Bonchev–Trinajstić information content (AvgIpc) is 3.15. The van der Waals surface area contributed by atoms with Crippen LogP contribution >= 0.6 is 11.6 Å². The first-order valence-corrected chi connectivity index (χ1v) is 8.60. The van der Waals surface area contributed by atoms with Crippen LogP contribution in [-0.2, 0) is 0 Å². The van der Waals surface area contributed by atoms with Crippen LogP contribution < -0.4 is 5.56 Å². The number of hydrogen-bond donors (Lipinski definition) is 1. The number of nitrogens with zero attached hydrogens (tertiary/aromatic N) is 2. The number of para-hydroxylation sites is 1.